The third kappa shape index (κ3) is 3.06. The quantitative estimate of drug-likeness (QED) is 0.833. The molecule has 1 heterocycles. The van der Waals surface area contributed by atoms with Gasteiger partial charge < -0.3 is 0 Å². The zero-order valence-corrected chi connectivity index (χ0v) is 13.5. The third-order valence-electron chi connectivity index (χ3n) is 3.83. The van der Waals surface area contributed by atoms with Crippen LogP contribution in [0.3, 0.4) is 0 Å². The number of hydrogen-bond acceptors (Lipinski definition) is 2. The van der Waals surface area contributed by atoms with Gasteiger partial charge in [-0.3, -0.25) is 4.31 Å². The second-order valence-electron chi connectivity index (χ2n) is 6.37. The van der Waals surface area contributed by atoms with Crippen molar-refractivity contribution in [2.24, 2.45) is 5.41 Å². The lowest BCUT2D eigenvalue weighted by molar-refractivity contribution is 0.281. The molecule has 0 aliphatic carbocycles. The molecule has 0 aromatic heterocycles. The molecule has 1 aliphatic heterocycles. The summed E-state index contributed by atoms with van der Waals surface area (Å²) in [7, 11) is -3.46. The van der Waals surface area contributed by atoms with Crippen molar-refractivity contribution in [2.75, 3.05) is 6.54 Å². The summed E-state index contributed by atoms with van der Waals surface area (Å²) in [6, 6.07) is 7.06. The lowest BCUT2D eigenvalue weighted by atomic mass is 9.88. The van der Waals surface area contributed by atoms with Gasteiger partial charge in [-0.15, -0.1) is 0 Å². The number of benzene rings is 1. The number of sulfonamides is 1. The van der Waals surface area contributed by atoms with Gasteiger partial charge in [0.2, 0.25) is 0 Å². The Bertz CT molecular complexity index is 612. The molecule has 0 atom stereocenters. The van der Waals surface area contributed by atoms with E-state index in [4.69, 9.17) is 0 Å². The van der Waals surface area contributed by atoms with Gasteiger partial charge in [-0.2, -0.15) is 0 Å². The molecule has 3 nitrogen and oxygen atoms in total. The largest absolute Gasteiger partial charge is 0.270 e. The molecule has 2 rings (SSSR count). The average Bonchev–Trinajstić information content (AvgIpc) is 2.49. The van der Waals surface area contributed by atoms with E-state index >= 15 is 0 Å². The lowest BCUT2D eigenvalue weighted by Gasteiger charge is -2.31. The summed E-state index contributed by atoms with van der Waals surface area (Å²) >= 11 is 0. The molecule has 1 aromatic carbocycles. The zero-order chi connectivity index (χ0) is 15.0. The van der Waals surface area contributed by atoms with Crippen LogP contribution in [0.25, 0.3) is 0 Å². The minimum atomic E-state index is -3.46. The van der Waals surface area contributed by atoms with Gasteiger partial charge in [-0.25, -0.2) is 8.42 Å². The Morgan fingerprint density at radius 3 is 2.30 bits per heavy atom. The van der Waals surface area contributed by atoms with Crippen molar-refractivity contribution in [3.63, 3.8) is 0 Å². The van der Waals surface area contributed by atoms with E-state index in [0.29, 0.717) is 11.4 Å². The third-order valence-corrected chi connectivity index (χ3v) is 5.70. The smallest absolute Gasteiger partial charge is 0.264 e. The van der Waals surface area contributed by atoms with E-state index in [1.807, 2.05) is 32.1 Å². The predicted molar refractivity (Wildman–Crippen MR) is 81.8 cm³/mol. The van der Waals surface area contributed by atoms with Gasteiger partial charge in [0.15, 0.2) is 0 Å². The Hall–Kier alpha value is -1.29. The molecule has 0 fully saturated rings. The number of rotatable bonds is 2. The van der Waals surface area contributed by atoms with Crippen molar-refractivity contribution in [1.29, 1.82) is 0 Å². The molecule has 0 unspecified atom stereocenters. The fourth-order valence-electron chi connectivity index (χ4n) is 2.48. The molecular weight excluding hydrogens is 270 g/mol. The SMILES string of the molecule is CC1=CCCC(C)(C)CN1S(=O)(=O)c1ccc(C)cc1. The summed E-state index contributed by atoms with van der Waals surface area (Å²) in [5.41, 5.74) is 1.88. The number of allylic oxidation sites excluding steroid dienone is 2. The van der Waals surface area contributed by atoms with Crippen LogP contribution in [-0.2, 0) is 10.0 Å². The van der Waals surface area contributed by atoms with E-state index in [0.717, 1.165) is 24.1 Å². The molecule has 0 saturated heterocycles. The van der Waals surface area contributed by atoms with E-state index in [-0.39, 0.29) is 5.41 Å². The van der Waals surface area contributed by atoms with E-state index in [1.54, 1.807) is 16.4 Å². The van der Waals surface area contributed by atoms with Gasteiger partial charge in [0.1, 0.15) is 0 Å². The zero-order valence-electron chi connectivity index (χ0n) is 12.7. The Balaban J connectivity index is 2.43. The van der Waals surface area contributed by atoms with E-state index in [1.165, 1.54) is 0 Å². The van der Waals surface area contributed by atoms with Crippen LogP contribution in [0.5, 0.6) is 0 Å². The molecule has 0 radical (unpaired) electrons. The molecule has 20 heavy (non-hydrogen) atoms. The number of hydrogen-bond donors (Lipinski definition) is 0. The van der Waals surface area contributed by atoms with Crippen molar-refractivity contribution in [3.8, 4) is 0 Å². The van der Waals surface area contributed by atoms with Crippen LogP contribution in [0, 0.1) is 12.3 Å². The molecule has 0 amide bonds. The normalized spacial score (nSPS) is 19.4. The van der Waals surface area contributed by atoms with Crippen LogP contribution in [0.15, 0.2) is 40.9 Å². The second kappa shape index (κ2) is 5.24. The van der Waals surface area contributed by atoms with Crippen LogP contribution < -0.4 is 0 Å². The van der Waals surface area contributed by atoms with E-state index < -0.39 is 10.0 Å². The monoisotopic (exact) mass is 293 g/mol. The van der Waals surface area contributed by atoms with Gasteiger partial charge in [0, 0.05) is 12.2 Å². The van der Waals surface area contributed by atoms with Crippen LogP contribution >= 0.6 is 0 Å². The fraction of sp³-hybridized carbons (Fsp3) is 0.500. The Morgan fingerprint density at radius 1 is 1.10 bits per heavy atom. The molecule has 0 bridgehead atoms. The first-order valence-corrected chi connectivity index (χ1v) is 8.43. The van der Waals surface area contributed by atoms with Crippen LogP contribution in [0.2, 0.25) is 0 Å². The lowest BCUT2D eigenvalue weighted by Crippen LogP contribution is -2.36. The molecule has 110 valence electrons. The van der Waals surface area contributed by atoms with Crippen molar-refractivity contribution >= 4 is 10.0 Å². The van der Waals surface area contributed by atoms with Gasteiger partial charge in [-0.1, -0.05) is 37.6 Å². The summed E-state index contributed by atoms with van der Waals surface area (Å²) in [5, 5.41) is 0. The van der Waals surface area contributed by atoms with Gasteiger partial charge in [0.05, 0.1) is 4.90 Å². The maximum absolute atomic E-state index is 12.8. The van der Waals surface area contributed by atoms with Crippen LogP contribution in [-0.4, -0.2) is 19.3 Å². The Labute approximate surface area is 122 Å². The molecule has 1 aliphatic rings. The molecule has 0 N–H and O–H groups in total. The summed E-state index contributed by atoms with van der Waals surface area (Å²) in [6.45, 7) is 8.61. The first-order chi connectivity index (χ1) is 9.22. The van der Waals surface area contributed by atoms with E-state index in [9.17, 15) is 8.42 Å². The highest BCUT2D eigenvalue weighted by molar-refractivity contribution is 7.89. The maximum atomic E-state index is 12.8. The maximum Gasteiger partial charge on any atom is 0.264 e. The minimum Gasteiger partial charge on any atom is -0.270 e. The van der Waals surface area contributed by atoms with E-state index in [2.05, 4.69) is 13.8 Å². The average molecular weight is 293 g/mol. The molecule has 0 saturated carbocycles. The van der Waals surface area contributed by atoms with Crippen LogP contribution in [0.1, 0.15) is 39.2 Å². The van der Waals surface area contributed by atoms with Gasteiger partial charge in [0.25, 0.3) is 10.0 Å². The minimum absolute atomic E-state index is 0.00791. The number of aryl methyl sites for hydroxylation is 1. The van der Waals surface area contributed by atoms with Gasteiger partial charge in [-0.05, 0) is 44.2 Å². The second-order valence-corrected chi connectivity index (χ2v) is 8.24. The highest BCUT2D eigenvalue weighted by Crippen LogP contribution is 2.33. The Morgan fingerprint density at radius 2 is 1.70 bits per heavy atom. The van der Waals surface area contributed by atoms with Crippen LogP contribution in [0.4, 0.5) is 0 Å². The van der Waals surface area contributed by atoms with Crippen molar-refractivity contribution in [3.05, 3.63) is 41.6 Å². The highest BCUT2D eigenvalue weighted by atomic mass is 32.2. The molecule has 0 spiro atoms. The molecule has 1 aromatic rings. The Kier molecular flexibility index (Phi) is 3.96. The number of nitrogens with zero attached hydrogens (tertiary/aromatic N) is 1. The standard InChI is InChI=1S/C16H23NO2S/c1-13-7-9-15(10-8-13)20(18,19)17-12-16(3,4)11-5-6-14(17)2/h6-10H,5,11-12H2,1-4H3. The van der Waals surface area contributed by atoms with Crippen molar-refractivity contribution in [1.82, 2.24) is 4.31 Å². The van der Waals surface area contributed by atoms with Crippen molar-refractivity contribution < 1.29 is 8.42 Å². The highest BCUT2D eigenvalue weighted by Gasteiger charge is 2.32. The topological polar surface area (TPSA) is 37.4 Å². The van der Waals surface area contributed by atoms with Gasteiger partial charge >= 0.3 is 0 Å². The molecular formula is C16H23NO2S. The summed E-state index contributed by atoms with van der Waals surface area (Å²) in [6.07, 6.45) is 3.96. The summed E-state index contributed by atoms with van der Waals surface area (Å²) < 4.78 is 27.2. The predicted octanol–water partition coefficient (Wildman–Crippen LogP) is 3.71. The summed E-state index contributed by atoms with van der Waals surface area (Å²) in [4.78, 5) is 0.369. The fourth-order valence-corrected chi connectivity index (χ4v) is 4.19. The molecule has 4 heteroatoms. The first kappa shape index (κ1) is 15.1. The first-order valence-electron chi connectivity index (χ1n) is 6.99. The van der Waals surface area contributed by atoms with Crippen molar-refractivity contribution in [2.45, 2.75) is 45.4 Å². The summed E-state index contributed by atoms with van der Waals surface area (Å²) in [5.74, 6) is 0.